The molecular weight excluding hydrogens is 227 g/mol. The first kappa shape index (κ1) is 14.3. The molecule has 15 heavy (non-hydrogen) atoms. The number of carbonyl (C=O) groups excluding carboxylic acids is 2. The van der Waals surface area contributed by atoms with Gasteiger partial charge in [0.2, 0.25) is 0 Å². The molecule has 1 N–H and O–H groups in total. The molecule has 0 unspecified atom stereocenters. The van der Waals surface area contributed by atoms with Crippen molar-refractivity contribution in [2.75, 3.05) is 0 Å². The smallest absolute Gasteiger partial charge is 1.00 e. The number of halogens is 6. The molecule has 10 heteroatoms. The van der Waals surface area contributed by atoms with Gasteiger partial charge in [-0.15, -0.1) is 0 Å². The number of imide groups is 1. The topological polar surface area (TPSA) is 46.2 Å². The Bertz CT molecular complexity index is 294. The molecule has 1 aliphatic rings. The van der Waals surface area contributed by atoms with E-state index in [4.69, 9.17) is 0 Å². The number of rotatable bonds is 0. The number of nitrogens with one attached hydrogen (secondary N) is 1. The molecule has 1 aliphatic heterocycles. The van der Waals surface area contributed by atoms with Crippen LogP contribution in [0.4, 0.5) is 26.3 Å². The van der Waals surface area contributed by atoms with Crippen LogP contribution in [0.5, 0.6) is 0 Å². The van der Waals surface area contributed by atoms with Gasteiger partial charge in [0.1, 0.15) is 0 Å². The number of alkyl halides is 6. The fourth-order valence-electron chi connectivity index (χ4n) is 0.742. The Morgan fingerprint density at radius 3 is 1.40 bits per heavy atom. The molecule has 0 aromatic rings. The van der Waals surface area contributed by atoms with E-state index in [0.29, 0.717) is 5.32 Å². The monoisotopic (exact) mass is 229 g/mol. The summed E-state index contributed by atoms with van der Waals surface area (Å²) in [5.41, 5.74) is 0. The number of amides is 2. The first-order chi connectivity index (χ1) is 6.05. The number of piperidine rings is 1. The fraction of sp³-hybridized carbons (Fsp3) is 0.600. The Hall–Kier alpha value is -0.683. The Kier molecular flexibility index (Phi) is 3.26. The summed E-state index contributed by atoms with van der Waals surface area (Å²) in [6.07, 6.45) is 0. The fourth-order valence-corrected chi connectivity index (χ4v) is 0.742. The zero-order chi connectivity index (χ0) is 11.4. The Morgan fingerprint density at radius 2 is 1.13 bits per heavy atom. The van der Waals surface area contributed by atoms with Crippen LogP contribution in [0.1, 0.15) is 1.43 Å². The second-order valence-corrected chi connectivity index (χ2v) is 2.51. The van der Waals surface area contributed by atoms with Crippen molar-refractivity contribution in [1.29, 1.82) is 0 Å². The molecule has 0 saturated carbocycles. The van der Waals surface area contributed by atoms with E-state index in [1.165, 1.54) is 0 Å². The second kappa shape index (κ2) is 3.42. The van der Waals surface area contributed by atoms with Crippen molar-refractivity contribution in [3.63, 3.8) is 0 Å². The van der Waals surface area contributed by atoms with Crippen LogP contribution < -0.4 is 24.2 Å². The summed E-state index contributed by atoms with van der Waals surface area (Å²) in [5, 5.41) is 0.458. The van der Waals surface area contributed by atoms with Gasteiger partial charge in [-0.2, -0.15) is 26.3 Å². The van der Waals surface area contributed by atoms with Gasteiger partial charge < -0.3 is 1.43 Å². The summed E-state index contributed by atoms with van der Waals surface area (Å²) >= 11 is 0. The molecule has 0 aliphatic carbocycles. The molecular formula is C5H2F6LiNO2. The van der Waals surface area contributed by atoms with Crippen LogP contribution in [0.2, 0.25) is 0 Å². The van der Waals surface area contributed by atoms with Gasteiger partial charge in [0.05, 0.1) is 0 Å². The van der Waals surface area contributed by atoms with Crippen molar-refractivity contribution in [2.24, 2.45) is 0 Å². The summed E-state index contributed by atoms with van der Waals surface area (Å²) in [4.78, 5) is 20.3. The minimum absolute atomic E-state index is 0. The van der Waals surface area contributed by atoms with Crippen LogP contribution in [0, 0.1) is 0 Å². The molecule has 82 valence electrons. The maximum atomic E-state index is 12.3. The van der Waals surface area contributed by atoms with Gasteiger partial charge in [-0.05, 0) is 0 Å². The number of hydrogen-bond acceptors (Lipinski definition) is 2. The summed E-state index contributed by atoms with van der Waals surface area (Å²) in [6, 6.07) is 0. The Morgan fingerprint density at radius 1 is 0.867 bits per heavy atom. The third-order valence-electron chi connectivity index (χ3n) is 1.59. The second-order valence-electron chi connectivity index (χ2n) is 2.51. The minimum atomic E-state index is -6.01. The molecule has 0 bridgehead atoms. The Labute approximate surface area is 91.8 Å². The van der Waals surface area contributed by atoms with E-state index in [1.54, 1.807) is 0 Å². The van der Waals surface area contributed by atoms with Crippen molar-refractivity contribution in [3.05, 3.63) is 0 Å². The minimum Gasteiger partial charge on any atom is -1.00 e. The number of carbonyl (C=O) groups is 2. The third kappa shape index (κ3) is 1.54. The zero-order valence-electron chi connectivity index (χ0n) is 8.08. The van der Waals surface area contributed by atoms with Gasteiger partial charge in [0.25, 0.3) is 0 Å². The van der Waals surface area contributed by atoms with Crippen molar-refractivity contribution >= 4 is 11.8 Å². The predicted molar refractivity (Wildman–Crippen MR) is 29.1 cm³/mol. The third-order valence-corrected chi connectivity index (χ3v) is 1.59. The van der Waals surface area contributed by atoms with E-state index in [2.05, 4.69) is 0 Å². The van der Waals surface area contributed by atoms with E-state index in [1.807, 2.05) is 0 Å². The first-order valence-electron chi connectivity index (χ1n) is 3.04. The quantitative estimate of drug-likeness (QED) is 0.287. The van der Waals surface area contributed by atoms with Crippen LogP contribution in [-0.4, -0.2) is 29.6 Å². The molecule has 2 amide bonds. The van der Waals surface area contributed by atoms with E-state index in [9.17, 15) is 35.9 Å². The maximum absolute atomic E-state index is 12.3. The van der Waals surface area contributed by atoms with Crippen LogP contribution in [-0.2, 0) is 9.59 Å². The van der Waals surface area contributed by atoms with Crippen LogP contribution in [0.25, 0.3) is 0 Å². The maximum Gasteiger partial charge on any atom is 1.00 e. The molecule has 0 atom stereocenters. The van der Waals surface area contributed by atoms with Crippen LogP contribution in [0.15, 0.2) is 0 Å². The molecule has 1 saturated heterocycles. The molecule has 1 rings (SSSR count). The van der Waals surface area contributed by atoms with Gasteiger partial charge in [0.15, 0.2) is 0 Å². The van der Waals surface area contributed by atoms with Crippen molar-refractivity contribution in [2.45, 2.75) is 17.8 Å². The van der Waals surface area contributed by atoms with Crippen molar-refractivity contribution in [3.8, 4) is 0 Å². The average Bonchev–Trinajstić information content (AvgIpc) is 2.01. The summed E-state index contributed by atoms with van der Waals surface area (Å²) in [6.45, 7) is 0. The molecule has 0 radical (unpaired) electrons. The average molecular weight is 229 g/mol. The SMILES string of the molecule is O=C1NC(=O)C(F)(F)C(F)(F)C1(F)F.[H-].[Li+]. The van der Waals surface area contributed by atoms with Crippen LogP contribution >= 0.6 is 0 Å². The van der Waals surface area contributed by atoms with E-state index < -0.39 is 29.6 Å². The molecule has 1 fully saturated rings. The normalized spacial score (nSPS) is 26.5. The van der Waals surface area contributed by atoms with Gasteiger partial charge in [0, 0.05) is 0 Å². The Balaban J connectivity index is 0. The van der Waals surface area contributed by atoms with E-state index in [0.717, 1.165) is 0 Å². The number of hydrogen-bond donors (Lipinski definition) is 1. The predicted octanol–water partition coefficient (Wildman–Crippen LogP) is -2.33. The van der Waals surface area contributed by atoms with Gasteiger partial charge in [-0.25, -0.2) is 0 Å². The van der Waals surface area contributed by atoms with Gasteiger partial charge in [-0.3, -0.25) is 14.9 Å². The van der Waals surface area contributed by atoms with E-state index in [-0.39, 0.29) is 20.3 Å². The summed E-state index contributed by atoms with van der Waals surface area (Å²) < 4.78 is 73.6. The van der Waals surface area contributed by atoms with E-state index >= 15 is 0 Å². The summed E-state index contributed by atoms with van der Waals surface area (Å²) in [7, 11) is 0. The first-order valence-corrected chi connectivity index (χ1v) is 3.04. The van der Waals surface area contributed by atoms with Crippen molar-refractivity contribution < 1.29 is 56.2 Å². The van der Waals surface area contributed by atoms with Crippen molar-refractivity contribution in [1.82, 2.24) is 5.32 Å². The van der Waals surface area contributed by atoms with Gasteiger partial charge >= 0.3 is 48.4 Å². The van der Waals surface area contributed by atoms with Crippen LogP contribution in [0.3, 0.4) is 0 Å². The zero-order valence-corrected chi connectivity index (χ0v) is 7.08. The molecule has 3 nitrogen and oxygen atoms in total. The largest absolute Gasteiger partial charge is 1.00 e. The molecule has 0 aromatic heterocycles. The molecule has 0 aromatic carbocycles. The van der Waals surface area contributed by atoms with Gasteiger partial charge in [-0.1, -0.05) is 0 Å². The summed E-state index contributed by atoms with van der Waals surface area (Å²) in [5.74, 6) is -22.7. The molecule has 1 heterocycles. The standard InChI is InChI=1S/C5HF6NO2.Li.H/c6-3(7)1(13)12-2(14)4(8,9)5(3,10)11;;/h(H,12,13,14);;/q;+1;-1. The molecule has 0 spiro atoms.